The Kier molecular flexibility index (Phi) is 3.98. The Hall–Kier alpha value is -2.53. The molecule has 5 nitrogen and oxygen atoms in total. The molecule has 0 radical (unpaired) electrons. The van der Waals surface area contributed by atoms with Crippen LogP contribution in [0.4, 0.5) is 0 Å². The van der Waals surface area contributed by atoms with Crippen molar-refractivity contribution in [1.29, 1.82) is 0 Å². The monoisotopic (exact) mass is 316 g/mol. The second-order valence-electron chi connectivity index (χ2n) is 4.69. The summed E-state index contributed by atoms with van der Waals surface area (Å²) in [5.74, 6) is 0.858. The normalized spacial score (nSPS) is 13.1. The van der Waals surface area contributed by atoms with Crippen molar-refractivity contribution in [3.05, 3.63) is 58.6 Å². The predicted molar refractivity (Wildman–Crippen MR) is 83.7 cm³/mol. The van der Waals surface area contributed by atoms with Crippen LogP contribution in [0.25, 0.3) is 0 Å². The maximum absolute atomic E-state index is 12.1. The van der Waals surface area contributed by atoms with Gasteiger partial charge in [0.05, 0.1) is 5.71 Å². The summed E-state index contributed by atoms with van der Waals surface area (Å²) in [5.41, 5.74) is 4.35. The molecule has 1 amide bonds. The first-order chi connectivity index (χ1) is 10.6. The number of halogens is 1. The molecule has 2 aromatic carbocycles. The molecular weight excluding hydrogens is 304 g/mol. The number of amides is 1. The third-order valence-corrected chi connectivity index (χ3v) is 3.55. The topological polar surface area (TPSA) is 59.9 Å². The van der Waals surface area contributed by atoms with Gasteiger partial charge >= 0.3 is 0 Å². The van der Waals surface area contributed by atoms with Gasteiger partial charge in [-0.3, -0.25) is 4.79 Å². The number of ether oxygens (including phenoxy) is 2. The lowest BCUT2D eigenvalue weighted by atomic mass is 10.1. The molecule has 0 bridgehead atoms. The van der Waals surface area contributed by atoms with E-state index in [1.807, 2.05) is 18.2 Å². The molecule has 6 heteroatoms. The van der Waals surface area contributed by atoms with E-state index in [0.29, 0.717) is 27.8 Å². The number of fused-ring (bicyclic) bond motifs is 1. The summed E-state index contributed by atoms with van der Waals surface area (Å²) in [4.78, 5) is 12.1. The number of rotatable bonds is 3. The number of hydrazone groups is 1. The van der Waals surface area contributed by atoms with E-state index >= 15 is 0 Å². The van der Waals surface area contributed by atoms with Crippen LogP contribution in [-0.2, 0) is 0 Å². The second-order valence-corrected chi connectivity index (χ2v) is 5.09. The Balaban J connectivity index is 1.74. The zero-order valence-corrected chi connectivity index (χ0v) is 12.6. The highest BCUT2D eigenvalue weighted by atomic mass is 35.5. The van der Waals surface area contributed by atoms with Gasteiger partial charge in [0.15, 0.2) is 11.5 Å². The highest BCUT2D eigenvalue weighted by molar-refractivity contribution is 6.34. The third-order valence-electron chi connectivity index (χ3n) is 3.22. The van der Waals surface area contributed by atoms with Crippen LogP contribution >= 0.6 is 11.6 Å². The van der Waals surface area contributed by atoms with Crippen molar-refractivity contribution in [2.24, 2.45) is 5.10 Å². The van der Waals surface area contributed by atoms with Gasteiger partial charge in [0.25, 0.3) is 5.91 Å². The number of nitrogens with zero attached hydrogens (tertiary/aromatic N) is 1. The molecule has 1 heterocycles. The number of nitrogens with one attached hydrogen (secondary N) is 1. The standard InChI is InChI=1S/C16H13ClN2O3/c1-10(12-4-2-3-5-13(12)17)18-19-16(20)11-6-7-14-15(8-11)22-9-21-14/h2-8H,9H2,1H3,(H,19,20)/b18-10-. The van der Waals surface area contributed by atoms with Crippen LogP contribution < -0.4 is 14.9 Å². The van der Waals surface area contributed by atoms with E-state index < -0.39 is 0 Å². The van der Waals surface area contributed by atoms with Gasteiger partial charge in [-0.2, -0.15) is 5.10 Å². The van der Waals surface area contributed by atoms with E-state index in [4.69, 9.17) is 21.1 Å². The van der Waals surface area contributed by atoms with Crippen molar-refractivity contribution in [3.8, 4) is 11.5 Å². The van der Waals surface area contributed by atoms with Gasteiger partial charge in [0, 0.05) is 16.1 Å². The molecule has 112 valence electrons. The minimum absolute atomic E-state index is 0.171. The number of carbonyl (C=O) groups is 1. The fourth-order valence-electron chi connectivity index (χ4n) is 2.05. The van der Waals surface area contributed by atoms with Crippen molar-refractivity contribution in [2.45, 2.75) is 6.92 Å². The first-order valence-electron chi connectivity index (χ1n) is 6.64. The summed E-state index contributed by atoms with van der Waals surface area (Å²) in [5, 5.41) is 4.67. The van der Waals surface area contributed by atoms with Gasteiger partial charge in [-0.1, -0.05) is 29.8 Å². The third kappa shape index (κ3) is 2.89. The minimum Gasteiger partial charge on any atom is -0.454 e. The van der Waals surface area contributed by atoms with Crippen molar-refractivity contribution >= 4 is 23.2 Å². The van der Waals surface area contributed by atoms with Gasteiger partial charge in [0.2, 0.25) is 6.79 Å². The fraction of sp³-hybridized carbons (Fsp3) is 0.125. The maximum atomic E-state index is 12.1. The maximum Gasteiger partial charge on any atom is 0.271 e. The molecule has 2 aromatic rings. The van der Waals surface area contributed by atoms with Crippen molar-refractivity contribution in [3.63, 3.8) is 0 Å². The minimum atomic E-state index is -0.329. The molecule has 0 fully saturated rings. The van der Waals surface area contributed by atoms with Crippen molar-refractivity contribution < 1.29 is 14.3 Å². The van der Waals surface area contributed by atoms with E-state index in [-0.39, 0.29) is 12.7 Å². The Morgan fingerprint density at radius 3 is 2.77 bits per heavy atom. The lowest BCUT2D eigenvalue weighted by Gasteiger charge is -2.05. The predicted octanol–water partition coefficient (Wildman–Crippen LogP) is 3.22. The summed E-state index contributed by atoms with van der Waals surface area (Å²) in [7, 11) is 0. The SMILES string of the molecule is C/C(=N/NC(=O)c1ccc2c(c1)OCO2)c1ccccc1Cl. The molecule has 0 spiro atoms. The molecular formula is C16H13ClN2O3. The summed E-state index contributed by atoms with van der Waals surface area (Å²) >= 11 is 6.09. The van der Waals surface area contributed by atoms with E-state index in [1.54, 1.807) is 31.2 Å². The van der Waals surface area contributed by atoms with Crippen LogP contribution in [0.1, 0.15) is 22.8 Å². The Morgan fingerprint density at radius 2 is 1.95 bits per heavy atom. The molecule has 1 aliphatic rings. The smallest absolute Gasteiger partial charge is 0.271 e. The first kappa shape index (κ1) is 14.4. The molecule has 3 rings (SSSR count). The lowest BCUT2D eigenvalue weighted by Crippen LogP contribution is -2.19. The zero-order chi connectivity index (χ0) is 15.5. The summed E-state index contributed by atoms with van der Waals surface area (Å²) in [6.45, 7) is 1.95. The van der Waals surface area contributed by atoms with Gasteiger partial charge in [-0.05, 0) is 31.2 Å². The summed E-state index contributed by atoms with van der Waals surface area (Å²) in [6.07, 6.45) is 0. The van der Waals surface area contributed by atoms with Crippen LogP contribution in [0.2, 0.25) is 5.02 Å². The highest BCUT2D eigenvalue weighted by Crippen LogP contribution is 2.32. The van der Waals surface area contributed by atoms with Gasteiger partial charge < -0.3 is 9.47 Å². The average molecular weight is 317 g/mol. The van der Waals surface area contributed by atoms with Crippen molar-refractivity contribution in [2.75, 3.05) is 6.79 Å². The van der Waals surface area contributed by atoms with Crippen LogP contribution in [0.5, 0.6) is 11.5 Å². The molecule has 0 atom stereocenters. The number of hydrogen-bond donors (Lipinski definition) is 1. The van der Waals surface area contributed by atoms with Gasteiger partial charge in [-0.15, -0.1) is 0 Å². The molecule has 0 saturated carbocycles. The number of hydrogen-bond acceptors (Lipinski definition) is 4. The molecule has 0 saturated heterocycles. The largest absolute Gasteiger partial charge is 0.454 e. The van der Waals surface area contributed by atoms with Crippen LogP contribution in [0.3, 0.4) is 0 Å². The summed E-state index contributed by atoms with van der Waals surface area (Å²) < 4.78 is 10.5. The molecule has 1 aliphatic heterocycles. The van der Waals surface area contributed by atoms with E-state index in [9.17, 15) is 4.79 Å². The fourth-order valence-corrected chi connectivity index (χ4v) is 2.32. The van der Waals surface area contributed by atoms with E-state index in [1.165, 1.54) is 0 Å². The summed E-state index contributed by atoms with van der Waals surface area (Å²) in [6, 6.07) is 12.3. The molecule has 0 aromatic heterocycles. The van der Waals surface area contributed by atoms with Crippen LogP contribution in [0, 0.1) is 0 Å². The second kappa shape index (κ2) is 6.07. The molecule has 0 aliphatic carbocycles. The van der Waals surface area contributed by atoms with Crippen LogP contribution in [0.15, 0.2) is 47.6 Å². The van der Waals surface area contributed by atoms with Gasteiger partial charge in [-0.25, -0.2) is 5.43 Å². The zero-order valence-electron chi connectivity index (χ0n) is 11.8. The van der Waals surface area contributed by atoms with Gasteiger partial charge in [0.1, 0.15) is 0 Å². The quantitative estimate of drug-likeness (QED) is 0.698. The lowest BCUT2D eigenvalue weighted by molar-refractivity contribution is 0.0954. The Morgan fingerprint density at radius 1 is 1.18 bits per heavy atom. The number of carbonyl (C=O) groups excluding carboxylic acids is 1. The molecule has 1 N–H and O–H groups in total. The average Bonchev–Trinajstić information content (AvgIpc) is 3.00. The molecule has 22 heavy (non-hydrogen) atoms. The Bertz CT molecular complexity index is 759. The molecule has 0 unspecified atom stereocenters. The first-order valence-corrected chi connectivity index (χ1v) is 7.02. The number of benzene rings is 2. The highest BCUT2D eigenvalue weighted by Gasteiger charge is 2.16. The van der Waals surface area contributed by atoms with Crippen molar-refractivity contribution in [1.82, 2.24) is 5.43 Å². The van der Waals surface area contributed by atoms with E-state index in [2.05, 4.69) is 10.5 Å². The van der Waals surface area contributed by atoms with E-state index in [0.717, 1.165) is 5.56 Å². The van der Waals surface area contributed by atoms with Crippen LogP contribution in [-0.4, -0.2) is 18.4 Å². The Labute approximate surface area is 132 Å².